The van der Waals surface area contributed by atoms with Gasteiger partial charge < -0.3 is 5.11 Å². The summed E-state index contributed by atoms with van der Waals surface area (Å²) in [6.45, 7) is 2.09. The van der Waals surface area contributed by atoms with Gasteiger partial charge in [0.05, 0.1) is 19.1 Å². The van der Waals surface area contributed by atoms with Crippen LogP contribution in [0.2, 0.25) is 0 Å². The van der Waals surface area contributed by atoms with Crippen molar-refractivity contribution >= 4 is 11.8 Å². The van der Waals surface area contributed by atoms with Gasteiger partial charge in [-0.3, -0.25) is 19.3 Å². The predicted octanol–water partition coefficient (Wildman–Crippen LogP) is 0.985. The van der Waals surface area contributed by atoms with Crippen LogP contribution in [0.3, 0.4) is 0 Å². The zero-order valence-electron chi connectivity index (χ0n) is 12.5. The second kappa shape index (κ2) is 8.03. The third-order valence-corrected chi connectivity index (χ3v) is 4.01. The number of aliphatic carboxylic acids is 1. The molecule has 0 aromatic heterocycles. The molecule has 0 amide bonds. The van der Waals surface area contributed by atoms with E-state index in [2.05, 4.69) is 4.84 Å². The Morgan fingerprint density at radius 2 is 1.77 bits per heavy atom. The minimum atomic E-state index is -0.729. The fraction of sp³-hybridized carbons (Fsp3) is 0.500. The first kappa shape index (κ1) is 16.6. The molecule has 1 aliphatic heterocycles. The number of carbonyl (C=O) groups excluding carboxylic acids is 1. The fourth-order valence-electron chi connectivity index (χ4n) is 2.72. The van der Waals surface area contributed by atoms with Crippen LogP contribution in [0.5, 0.6) is 0 Å². The first-order chi connectivity index (χ1) is 10.6. The van der Waals surface area contributed by atoms with Crippen molar-refractivity contribution in [1.29, 1.82) is 0 Å². The number of nitrogens with two attached hydrogens (primary N) is 1. The lowest BCUT2D eigenvalue weighted by Crippen LogP contribution is -2.39. The van der Waals surface area contributed by atoms with E-state index in [1.54, 1.807) is 0 Å². The summed E-state index contributed by atoms with van der Waals surface area (Å²) in [6, 6.07) is 7.60. The first-order valence-electron chi connectivity index (χ1n) is 7.45. The molecule has 0 spiro atoms. The number of carboxylic acid groups (broad SMARTS) is 1. The molecule has 0 atom stereocenters. The maximum atomic E-state index is 12.1. The summed E-state index contributed by atoms with van der Waals surface area (Å²) >= 11 is 0. The molecule has 0 aliphatic carbocycles. The molecule has 2 rings (SSSR count). The standard InChI is InChI=1S/C16H22N2O4/c17-22-11-13-3-1-12(2-4-13)9-15(19)10-18-7-5-14(6-8-18)16(20)21/h1-4,14H,5-11,17H2,(H,20,21). The van der Waals surface area contributed by atoms with Gasteiger partial charge >= 0.3 is 5.97 Å². The average molecular weight is 306 g/mol. The predicted molar refractivity (Wildman–Crippen MR) is 80.9 cm³/mol. The molecule has 1 saturated heterocycles. The number of carboxylic acids is 1. The van der Waals surface area contributed by atoms with E-state index in [4.69, 9.17) is 11.0 Å². The topological polar surface area (TPSA) is 92.9 Å². The van der Waals surface area contributed by atoms with Crippen molar-refractivity contribution in [3.63, 3.8) is 0 Å². The second-order valence-corrected chi connectivity index (χ2v) is 5.73. The second-order valence-electron chi connectivity index (χ2n) is 5.73. The van der Waals surface area contributed by atoms with Crippen LogP contribution in [0.1, 0.15) is 24.0 Å². The Balaban J connectivity index is 1.77. The van der Waals surface area contributed by atoms with E-state index >= 15 is 0 Å². The van der Waals surface area contributed by atoms with Crippen molar-refractivity contribution in [3.8, 4) is 0 Å². The number of carbonyl (C=O) groups is 2. The third kappa shape index (κ3) is 4.91. The van der Waals surface area contributed by atoms with E-state index in [1.807, 2.05) is 29.2 Å². The highest BCUT2D eigenvalue weighted by atomic mass is 16.6. The van der Waals surface area contributed by atoms with Crippen molar-refractivity contribution in [3.05, 3.63) is 35.4 Å². The maximum absolute atomic E-state index is 12.1. The normalized spacial score (nSPS) is 16.6. The molecule has 6 nitrogen and oxygen atoms in total. The molecule has 0 unspecified atom stereocenters. The molecule has 3 N–H and O–H groups in total. The highest BCUT2D eigenvalue weighted by Crippen LogP contribution is 2.17. The molecule has 0 radical (unpaired) electrons. The van der Waals surface area contributed by atoms with Crippen molar-refractivity contribution in [2.45, 2.75) is 25.9 Å². The summed E-state index contributed by atoms with van der Waals surface area (Å²) in [5.41, 5.74) is 1.93. The number of benzene rings is 1. The highest BCUT2D eigenvalue weighted by molar-refractivity contribution is 5.82. The largest absolute Gasteiger partial charge is 0.481 e. The maximum Gasteiger partial charge on any atom is 0.306 e. The minimum Gasteiger partial charge on any atom is -0.481 e. The van der Waals surface area contributed by atoms with E-state index in [9.17, 15) is 9.59 Å². The van der Waals surface area contributed by atoms with Crippen LogP contribution in [0.4, 0.5) is 0 Å². The zero-order chi connectivity index (χ0) is 15.9. The van der Waals surface area contributed by atoms with E-state index in [-0.39, 0.29) is 11.7 Å². The number of piperidine rings is 1. The van der Waals surface area contributed by atoms with Crippen LogP contribution in [0.15, 0.2) is 24.3 Å². The van der Waals surface area contributed by atoms with Gasteiger partial charge in [-0.15, -0.1) is 0 Å². The van der Waals surface area contributed by atoms with E-state index in [1.165, 1.54) is 0 Å². The number of Topliss-reactive ketones (excluding diaryl/α,β-unsaturated/α-hetero) is 1. The molecular formula is C16H22N2O4. The van der Waals surface area contributed by atoms with E-state index in [0.29, 0.717) is 45.5 Å². The SMILES string of the molecule is NOCc1ccc(CC(=O)CN2CCC(C(=O)O)CC2)cc1. The minimum absolute atomic E-state index is 0.150. The lowest BCUT2D eigenvalue weighted by molar-refractivity contribution is -0.143. The Bertz CT molecular complexity index is 507. The van der Waals surface area contributed by atoms with Crippen molar-refractivity contribution in [1.82, 2.24) is 4.90 Å². The fourth-order valence-corrected chi connectivity index (χ4v) is 2.72. The Labute approximate surface area is 129 Å². The highest BCUT2D eigenvalue weighted by Gasteiger charge is 2.25. The summed E-state index contributed by atoms with van der Waals surface area (Å²) in [5, 5.41) is 8.96. The molecule has 6 heteroatoms. The van der Waals surface area contributed by atoms with Gasteiger partial charge in [0.15, 0.2) is 5.78 Å². The molecule has 22 heavy (non-hydrogen) atoms. The van der Waals surface area contributed by atoms with Crippen LogP contribution in [0, 0.1) is 5.92 Å². The Morgan fingerprint density at radius 3 is 2.32 bits per heavy atom. The van der Waals surface area contributed by atoms with Crippen LogP contribution in [-0.4, -0.2) is 41.4 Å². The van der Waals surface area contributed by atoms with Crippen molar-refractivity contribution in [2.24, 2.45) is 11.8 Å². The summed E-state index contributed by atoms with van der Waals surface area (Å²) in [6.07, 6.45) is 1.63. The Kier molecular flexibility index (Phi) is 6.06. The van der Waals surface area contributed by atoms with Gasteiger partial charge in [0.2, 0.25) is 0 Å². The van der Waals surface area contributed by atoms with Gasteiger partial charge in [-0.2, -0.15) is 0 Å². The molecule has 120 valence electrons. The number of rotatable bonds is 7. The summed E-state index contributed by atoms with van der Waals surface area (Å²) < 4.78 is 0. The number of hydrogen-bond acceptors (Lipinski definition) is 5. The monoisotopic (exact) mass is 306 g/mol. The van der Waals surface area contributed by atoms with Gasteiger partial charge in [0.25, 0.3) is 0 Å². The smallest absolute Gasteiger partial charge is 0.306 e. The van der Waals surface area contributed by atoms with Crippen molar-refractivity contribution in [2.75, 3.05) is 19.6 Å². The van der Waals surface area contributed by atoms with Gasteiger partial charge in [0.1, 0.15) is 0 Å². The Morgan fingerprint density at radius 1 is 1.18 bits per heavy atom. The molecule has 0 bridgehead atoms. The number of hydrogen-bond donors (Lipinski definition) is 2. The summed E-state index contributed by atoms with van der Waals surface area (Å²) in [5.74, 6) is 4.18. The van der Waals surface area contributed by atoms with E-state index < -0.39 is 5.97 Å². The van der Waals surface area contributed by atoms with Crippen LogP contribution >= 0.6 is 0 Å². The van der Waals surface area contributed by atoms with Gasteiger partial charge in [-0.25, -0.2) is 5.90 Å². The Hall–Kier alpha value is -1.76. The number of nitrogens with zero attached hydrogens (tertiary/aromatic N) is 1. The zero-order valence-corrected chi connectivity index (χ0v) is 12.5. The van der Waals surface area contributed by atoms with Crippen LogP contribution < -0.4 is 5.90 Å². The lowest BCUT2D eigenvalue weighted by atomic mass is 9.96. The lowest BCUT2D eigenvalue weighted by Gasteiger charge is -2.29. The molecule has 1 aromatic carbocycles. The molecular weight excluding hydrogens is 284 g/mol. The molecule has 1 heterocycles. The third-order valence-electron chi connectivity index (χ3n) is 4.01. The van der Waals surface area contributed by atoms with Crippen LogP contribution in [-0.2, 0) is 27.5 Å². The van der Waals surface area contributed by atoms with E-state index in [0.717, 1.165) is 11.1 Å². The average Bonchev–Trinajstić information content (AvgIpc) is 2.50. The van der Waals surface area contributed by atoms with Crippen LogP contribution in [0.25, 0.3) is 0 Å². The number of likely N-dealkylation sites (tertiary alicyclic amines) is 1. The molecule has 0 saturated carbocycles. The molecule has 1 aliphatic rings. The van der Waals surface area contributed by atoms with Crippen molar-refractivity contribution < 1.29 is 19.5 Å². The van der Waals surface area contributed by atoms with Gasteiger partial charge in [-0.05, 0) is 37.1 Å². The van der Waals surface area contributed by atoms with Gasteiger partial charge in [0, 0.05) is 6.42 Å². The summed E-state index contributed by atoms with van der Waals surface area (Å²) in [4.78, 5) is 29.6. The molecule has 1 aromatic rings. The molecule has 1 fully saturated rings. The van der Waals surface area contributed by atoms with Gasteiger partial charge in [-0.1, -0.05) is 24.3 Å². The quantitative estimate of drug-likeness (QED) is 0.730. The number of ketones is 1. The first-order valence-corrected chi connectivity index (χ1v) is 7.45. The summed E-state index contributed by atoms with van der Waals surface area (Å²) in [7, 11) is 0.